The zero-order valence-corrected chi connectivity index (χ0v) is 11.3. The fraction of sp³-hybridized carbons (Fsp3) is 0.462. The van der Waals surface area contributed by atoms with Crippen LogP contribution in [-0.4, -0.2) is 35.3 Å². The molecular formula is C13H17FN2OS. The van der Waals surface area contributed by atoms with Gasteiger partial charge in [0.1, 0.15) is 5.82 Å². The fourth-order valence-electron chi connectivity index (χ4n) is 2.10. The zero-order chi connectivity index (χ0) is 13.1. The molecule has 5 heteroatoms. The summed E-state index contributed by atoms with van der Waals surface area (Å²) in [7, 11) is 0. The van der Waals surface area contributed by atoms with E-state index in [4.69, 9.17) is 17.0 Å². The molecule has 0 amide bonds. The SMILES string of the molecule is C[C@@H]1CN(C(=S)Nc2ccccc2F)C[C@@H](C)O1. The largest absolute Gasteiger partial charge is 0.372 e. The standard InChI is InChI=1S/C13H17FN2OS/c1-9-7-16(8-10(2)17-9)13(18)15-12-6-4-3-5-11(12)14/h3-6,9-10H,7-8H2,1-2H3,(H,15,18)/t9-,10-/m1/s1. The van der Waals surface area contributed by atoms with Crippen LogP contribution in [0.5, 0.6) is 0 Å². The van der Waals surface area contributed by atoms with Crippen LogP contribution in [-0.2, 0) is 4.74 Å². The van der Waals surface area contributed by atoms with E-state index in [-0.39, 0.29) is 18.0 Å². The molecule has 0 aromatic heterocycles. The second kappa shape index (κ2) is 5.63. The highest BCUT2D eigenvalue weighted by Gasteiger charge is 2.24. The van der Waals surface area contributed by atoms with Crippen molar-refractivity contribution in [2.75, 3.05) is 18.4 Å². The molecule has 0 unspecified atom stereocenters. The van der Waals surface area contributed by atoms with Crippen LogP contribution in [0.25, 0.3) is 0 Å². The second-order valence-corrected chi connectivity index (χ2v) is 4.96. The maximum Gasteiger partial charge on any atom is 0.173 e. The van der Waals surface area contributed by atoms with Gasteiger partial charge in [0, 0.05) is 13.1 Å². The lowest BCUT2D eigenvalue weighted by molar-refractivity contribution is -0.0473. The molecule has 1 aromatic carbocycles. The number of thiocarbonyl (C=S) groups is 1. The van der Waals surface area contributed by atoms with Gasteiger partial charge in [-0.05, 0) is 38.2 Å². The Hall–Kier alpha value is -1.20. The van der Waals surface area contributed by atoms with Gasteiger partial charge in [0.2, 0.25) is 0 Å². The molecule has 1 heterocycles. The summed E-state index contributed by atoms with van der Waals surface area (Å²) in [6.07, 6.45) is 0.267. The number of morpholine rings is 1. The molecule has 1 aliphatic rings. The molecule has 3 nitrogen and oxygen atoms in total. The first-order valence-electron chi connectivity index (χ1n) is 6.02. The topological polar surface area (TPSA) is 24.5 Å². The van der Waals surface area contributed by atoms with Crippen LogP contribution in [0.15, 0.2) is 24.3 Å². The van der Waals surface area contributed by atoms with E-state index in [9.17, 15) is 4.39 Å². The third-order valence-electron chi connectivity index (χ3n) is 2.82. The number of para-hydroxylation sites is 1. The smallest absolute Gasteiger partial charge is 0.173 e. The van der Waals surface area contributed by atoms with Crippen LogP contribution < -0.4 is 5.32 Å². The van der Waals surface area contributed by atoms with Gasteiger partial charge in [-0.25, -0.2) is 4.39 Å². The lowest BCUT2D eigenvalue weighted by Gasteiger charge is -2.36. The monoisotopic (exact) mass is 268 g/mol. The summed E-state index contributed by atoms with van der Waals surface area (Å²) >= 11 is 5.31. The third kappa shape index (κ3) is 3.17. The molecule has 1 aromatic rings. The predicted octanol–water partition coefficient (Wildman–Crippen LogP) is 2.63. The predicted molar refractivity (Wildman–Crippen MR) is 74.2 cm³/mol. The lowest BCUT2D eigenvalue weighted by atomic mass is 10.2. The minimum absolute atomic E-state index is 0.133. The van der Waals surface area contributed by atoms with Crippen molar-refractivity contribution in [3.05, 3.63) is 30.1 Å². The van der Waals surface area contributed by atoms with Crippen LogP contribution in [0.4, 0.5) is 10.1 Å². The van der Waals surface area contributed by atoms with Gasteiger partial charge in [-0.2, -0.15) is 0 Å². The van der Waals surface area contributed by atoms with Gasteiger partial charge in [-0.15, -0.1) is 0 Å². The van der Waals surface area contributed by atoms with Gasteiger partial charge in [-0.3, -0.25) is 0 Å². The van der Waals surface area contributed by atoms with Crippen molar-refractivity contribution in [2.45, 2.75) is 26.1 Å². The number of hydrogen-bond donors (Lipinski definition) is 1. The van der Waals surface area contributed by atoms with Crippen LogP contribution in [0.3, 0.4) is 0 Å². The molecule has 0 spiro atoms. The number of rotatable bonds is 1. The number of benzene rings is 1. The van der Waals surface area contributed by atoms with Crippen LogP contribution in [0.1, 0.15) is 13.8 Å². The van der Waals surface area contributed by atoms with Crippen molar-refractivity contribution in [1.29, 1.82) is 0 Å². The summed E-state index contributed by atoms with van der Waals surface area (Å²) < 4.78 is 19.1. The van der Waals surface area contributed by atoms with E-state index in [1.54, 1.807) is 18.2 Å². The van der Waals surface area contributed by atoms with Gasteiger partial charge in [0.25, 0.3) is 0 Å². The Morgan fingerprint density at radius 2 is 1.94 bits per heavy atom. The van der Waals surface area contributed by atoms with Gasteiger partial charge < -0.3 is 15.0 Å². The maximum absolute atomic E-state index is 13.5. The highest BCUT2D eigenvalue weighted by molar-refractivity contribution is 7.80. The van der Waals surface area contributed by atoms with E-state index in [0.29, 0.717) is 10.8 Å². The molecule has 0 aliphatic carbocycles. The minimum atomic E-state index is -0.297. The fourth-order valence-corrected chi connectivity index (χ4v) is 2.36. The average molecular weight is 268 g/mol. The molecule has 2 rings (SSSR count). The van der Waals surface area contributed by atoms with Gasteiger partial charge in [-0.1, -0.05) is 12.1 Å². The second-order valence-electron chi connectivity index (χ2n) is 4.57. The first-order chi connectivity index (χ1) is 8.56. The highest BCUT2D eigenvalue weighted by Crippen LogP contribution is 2.16. The third-order valence-corrected chi connectivity index (χ3v) is 3.18. The van der Waals surface area contributed by atoms with Crippen LogP contribution in [0.2, 0.25) is 0 Å². The highest BCUT2D eigenvalue weighted by atomic mass is 32.1. The number of nitrogens with one attached hydrogen (secondary N) is 1. The van der Waals surface area contributed by atoms with E-state index >= 15 is 0 Å². The summed E-state index contributed by atoms with van der Waals surface area (Å²) in [5.41, 5.74) is 0.411. The first kappa shape index (κ1) is 13.2. The van der Waals surface area contributed by atoms with Crippen molar-refractivity contribution in [2.24, 2.45) is 0 Å². The van der Waals surface area contributed by atoms with Crippen molar-refractivity contribution in [3.63, 3.8) is 0 Å². The lowest BCUT2D eigenvalue weighted by Crippen LogP contribution is -2.49. The number of halogens is 1. The summed E-state index contributed by atoms with van der Waals surface area (Å²) in [5, 5.41) is 3.49. The summed E-state index contributed by atoms with van der Waals surface area (Å²) in [5.74, 6) is -0.297. The summed E-state index contributed by atoms with van der Waals surface area (Å²) in [6, 6.07) is 6.52. The van der Waals surface area contributed by atoms with E-state index in [1.165, 1.54) is 6.07 Å². The summed E-state index contributed by atoms with van der Waals surface area (Å²) in [4.78, 5) is 2.01. The molecule has 1 saturated heterocycles. The quantitative estimate of drug-likeness (QED) is 0.791. The molecular weight excluding hydrogens is 251 g/mol. The maximum atomic E-state index is 13.5. The van der Waals surface area contributed by atoms with E-state index < -0.39 is 0 Å². The minimum Gasteiger partial charge on any atom is -0.372 e. The Balaban J connectivity index is 2.02. The zero-order valence-electron chi connectivity index (χ0n) is 10.5. The Kier molecular flexibility index (Phi) is 4.14. The van der Waals surface area contributed by atoms with Gasteiger partial charge >= 0.3 is 0 Å². The number of anilines is 1. The van der Waals surface area contributed by atoms with Crippen LogP contribution >= 0.6 is 12.2 Å². The van der Waals surface area contributed by atoms with Crippen molar-refractivity contribution in [3.8, 4) is 0 Å². The van der Waals surface area contributed by atoms with Crippen LogP contribution in [0, 0.1) is 5.82 Å². The molecule has 2 atom stereocenters. The molecule has 98 valence electrons. The van der Waals surface area contributed by atoms with Crippen molar-refractivity contribution < 1.29 is 9.13 Å². The molecule has 1 fully saturated rings. The Morgan fingerprint density at radius 3 is 2.56 bits per heavy atom. The normalized spacial score (nSPS) is 23.8. The number of nitrogens with zero attached hydrogens (tertiary/aromatic N) is 1. The van der Waals surface area contributed by atoms with E-state index in [0.717, 1.165) is 13.1 Å². The molecule has 0 radical (unpaired) electrons. The molecule has 1 aliphatic heterocycles. The molecule has 1 N–H and O–H groups in total. The van der Waals surface area contributed by atoms with E-state index in [1.807, 2.05) is 18.7 Å². The van der Waals surface area contributed by atoms with Gasteiger partial charge in [0.15, 0.2) is 5.11 Å². The van der Waals surface area contributed by atoms with Crippen molar-refractivity contribution in [1.82, 2.24) is 4.90 Å². The average Bonchev–Trinajstić information content (AvgIpc) is 2.31. The molecule has 18 heavy (non-hydrogen) atoms. The number of ether oxygens (including phenoxy) is 1. The Labute approximate surface area is 112 Å². The molecule has 0 bridgehead atoms. The Bertz CT molecular complexity index is 431. The van der Waals surface area contributed by atoms with E-state index in [2.05, 4.69) is 5.32 Å². The van der Waals surface area contributed by atoms with Gasteiger partial charge in [0.05, 0.1) is 17.9 Å². The summed E-state index contributed by atoms with van der Waals surface area (Å²) in [6.45, 7) is 5.47. The number of hydrogen-bond acceptors (Lipinski definition) is 2. The van der Waals surface area contributed by atoms with Crippen molar-refractivity contribution >= 4 is 23.0 Å². The first-order valence-corrected chi connectivity index (χ1v) is 6.43. The Morgan fingerprint density at radius 1 is 1.33 bits per heavy atom. The molecule has 0 saturated carbocycles.